The standard InChI is InChI=1S/C21H16N2O/c22-18-13-7-12-17(14-18)21-23-19(15-8-3-1-4-9-15)20(24-21)16-10-5-2-6-11-16/h1-14H,22H2. The molecule has 0 atom stereocenters. The van der Waals surface area contributed by atoms with E-state index in [-0.39, 0.29) is 0 Å². The molecule has 0 aliphatic heterocycles. The first-order valence-corrected chi connectivity index (χ1v) is 7.79. The lowest BCUT2D eigenvalue weighted by molar-refractivity contribution is 0.589. The van der Waals surface area contributed by atoms with Gasteiger partial charge >= 0.3 is 0 Å². The fourth-order valence-electron chi connectivity index (χ4n) is 2.69. The van der Waals surface area contributed by atoms with Crippen molar-refractivity contribution >= 4 is 5.69 Å². The van der Waals surface area contributed by atoms with Crippen LogP contribution in [0, 0.1) is 0 Å². The first-order valence-electron chi connectivity index (χ1n) is 7.79. The van der Waals surface area contributed by atoms with E-state index in [2.05, 4.69) is 0 Å². The number of hydrogen-bond donors (Lipinski definition) is 1. The smallest absolute Gasteiger partial charge is 0.227 e. The zero-order chi connectivity index (χ0) is 16.4. The van der Waals surface area contributed by atoms with Crippen LogP contribution in [0.2, 0.25) is 0 Å². The van der Waals surface area contributed by atoms with Gasteiger partial charge in [-0.05, 0) is 18.2 Å². The molecule has 0 fully saturated rings. The molecule has 0 spiro atoms. The topological polar surface area (TPSA) is 52.0 Å². The molecule has 1 aromatic heterocycles. The van der Waals surface area contributed by atoms with Crippen LogP contribution in [0.15, 0.2) is 89.3 Å². The molecule has 0 bridgehead atoms. The van der Waals surface area contributed by atoms with Crippen LogP contribution in [0.25, 0.3) is 34.0 Å². The van der Waals surface area contributed by atoms with Crippen molar-refractivity contribution in [3.8, 4) is 34.0 Å². The molecule has 0 aliphatic carbocycles. The average molecular weight is 312 g/mol. The van der Waals surface area contributed by atoms with Gasteiger partial charge in [-0.3, -0.25) is 0 Å². The van der Waals surface area contributed by atoms with Crippen molar-refractivity contribution in [2.75, 3.05) is 5.73 Å². The molecule has 0 saturated carbocycles. The molecule has 0 unspecified atom stereocenters. The van der Waals surface area contributed by atoms with Crippen molar-refractivity contribution in [1.82, 2.24) is 4.98 Å². The third-order valence-corrected chi connectivity index (χ3v) is 3.84. The van der Waals surface area contributed by atoms with Gasteiger partial charge in [-0.25, -0.2) is 4.98 Å². The largest absolute Gasteiger partial charge is 0.435 e. The van der Waals surface area contributed by atoms with Crippen molar-refractivity contribution in [2.24, 2.45) is 0 Å². The molecule has 0 aliphatic rings. The van der Waals surface area contributed by atoms with E-state index < -0.39 is 0 Å². The number of anilines is 1. The van der Waals surface area contributed by atoms with Crippen LogP contribution in [0.4, 0.5) is 5.69 Å². The summed E-state index contributed by atoms with van der Waals surface area (Å²) in [7, 11) is 0. The molecule has 1 heterocycles. The first-order chi connectivity index (χ1) is 11.8. The SMILES string of the molecule is Nc1cccc(-c2nc(-c3ccccc3)c(-c3ccccc3)o2)c1. The quantitative estimate of drug-likeness (QED) is 0.525. The molecule has 3 aromatic carbocycles. The molecule has 4 rings (SSSR count). The van der Waals surface area contributed by atoms with E-state index in [0.717, 1.165) is 28.1 Å². The lowest BCUT2D eigenvalue weighted by Crippen LogP contribution is -1.85. The van der Waals surface area contributed by atoms with Gasteiger partial charge in [-0.1, -0.05) is 66.7 Å². The molecule has 3 nitrogen and oxygen atoms in total. The highest BCUT2D eigenvalue weighted by molar-refractivity contribution is 5.79. The van der Waals surface area contributed by atoms with E-state index >= 15 is 0 Å². The Morgan fingerprint density at radius 1 is 0.667 bits per heavy atom. The summed E-state index contributed by atoms with van der Waals surface area (Å²) in [6.07, 6.45) is 0. The zero-order valence-electron chi connectivity index (χ0n) is 13.0. The minimum absolute atomic E-state index is 0.569. The molecule has 3 heteroatoms. The van der Waals surface area contributed by atoms with Crippen LogP contribution >= 0.6 is 0 Å². The van der Waals surface area contributed by atoms with Gasteiger partial charge in [0, 0.05) is 22.4 Å². The van der Waals surface area contributed by atoms with Crippen LogP contribution in [0.5, 0.6) is 0 Å². The van der Waals surface area contributed by atoms with Crippen molar-refractivity contribution in [1.29, 1.82) is 0 Å². The molecular weight excluding hydrogens is 296 g/mol. The molecule has 0 radical (unpaired) electrons. The van der Waals surface area contributed by atoms with Crippen molar-refractivity contribution in [3.63, 3.8) is 0 Å². The van der Waals surface area contributed by atoms with E-state index in [9.17, 15) is 0 Å². The lowest BCUT2D eigenvalue weighted by Gasteiger charge is -2.00. The van der Waals surface area contributed by atoms with Crippen LogP contribution < -0.4 is 5.73 Å². The van der Waals surface area contributed by atoms with Crippen molar-refractivity contribution in [2.45, 2.75) is 0 Å². The highest BCUT2D eigenvalue weighted by Gasteiger charge is 2.17. The Kier molecular flexibility index (Phi) is 3.60. The lowest BCUT2D eigenvalue weighted by atomic mass is 10.1. The summed E-state index contributed by atoms with van der Waals surface area (Å²) in [6, 6.07) is 27.7. The first kappa shape index (κ1) is 14.3. The summed E-state index contributed by atoms with van der Waals surface area (Å²) in [5, 5.41) is 0. The maximum Gasteiger partial charge on any atom is 0.227 e. The van der Waals surface area contributed by atoms with E-state index in [4.69, 9.17) is 15.1 Å². The highest BCUT2D eigenvalue weighted by atomic mass is 16.4. The number of nitrogens with zero attached hydrogens (tertiary/aromatic N) is 1. The Hall–Kier alpha value is -3.33. The molecular formula is C21H16N2O. The summed E-state index contributed by atoms with van der Waals surface area (Å²) in [6.45, 7) is 0. The number of aromatic nitrogens is 1. The molecule has 2 N–H and O–H groups in total. The predicted molar refractivity (Wildman–Crippen MR) is 97.2 cm³/mol. The normalized spacial score (nSPS) is 10.7. The van der Waals surface area contributed by atoms with Gasteiger partial charge in [0.1, 0.15) is 5.69 Å². The molecule has 24 heavy (non-hydrogen) atoms. The van der Waals surface area contributed by atoms with Crippen LogP contribution in [0.3, 0.4) is 0 Å². The number of nitrogen functional groups attached to an aromatic ring is 1. The number of hydrogen-bond acceptors (Lipinski definition) is 3. The maximum absolute atomic E-state index is 6.13. The third kappa shape index (κ3) is 2.68. The van der Waals surface area contributed by atoms with E-state index in [1.807, 2.05) is 84.9 Å². The van der Waals surface area contributed by atoms with Gasteiger partial charge < -0.3 is 10.2 Å². The number of benzene rings is 3. The fourth-order valence-corrected chi connectivity index (χ4v) is 2.69. The maximum atomic E-state index is 6.13. The second-order valence-corrected chi connectivity index (χ2v) is 5.55. The van der Waals surface area contributed by atoms with Gasteiger partial charge in [0.05, 0.1) is 0 Å². The van der Waals surface area contributed by atoms with Crippen LogP contribution in [-0.2, 0) is 0 Å². The minimum atomic E-state index is 0.569. The third-order valence-electron chi connectivity index (χ3n) is 3.84. The summed E-state index contributed by atoms with van der Waals surface area (Å²) in [5.74, 6) is 1.33. The van der Waals surface area contributed by atoms with Crippen molar-refractivity contribution in [3.05, 3.63) is 84.9 Å². The van der Waals surface area contributed by atoms with Gasteiger partial charge in [-0.2, -0.15) is 0 Å². The number of nitrogens with two attached hydrogens (primary N) is 1. The highest BCUT2D eigenvalue weighted by Crippen LogP contribution is 2.36. The Morgan fingerprint density at radius 3 is 1.96 bits per heavy atom. The summed E-state index contributed by atoms with van der Waals surface area (Å²) in [4.78, 5) is 4.75. The monoisotopic (exact) mass is 312 g/mol. The van der Waals surface area contributed by atoms with Crippen LogP contribution in [0.1, 0.15) is 0 Å². The minimum Gasteiger partial charge on any atom is -0.435 e. The van der Waals surface area contributed by atoms with Gasteiger partial charge in [0.2, 0.25) is 5.89 Å². The summed E-state index contributed by atoms with van der Waals surface area (Å²) in [5.41, 5.74) is 10.3. The van der Waals surface area contributed by atoms with E-state index in [0.29, 0.717) is 11.6 Å². The fraction of sp³-hybridized carbons (Fsp3) is 0. The van der Waals surface area contributed by atoms with Crippen LogP contribution in [-0.4, -0.2) is 4.98 Å². The second-order valence-electron chi connectivity index (χ2n) is 5.55. The molecule has 4 aromatic rings. The summed E-state index contributed by atoms with van der Waals surface area (Å²) >= 11 is 0. The average Bonchev–Trinajstić information content (AvgIpc) is 3.09. The Morgan fingerprint density at radius 2 is 1.29 bits per heavy atom. The van der Waals surface area contributed by atoms with Gasteiger partial charge in [0.25, 0.3) is 0 Å². The Balaban J connectivity index is 1.91. The zero-order valence-corrected chi connectivity index (χ0v) is 13.0. The van der Waals surface area contributed by atoms with Gasteiger partial charge in [-0.15, -0.1) is 0 Å². The van der Waals surface area contributed by atoms with E-state index in [1.54, 1.807) is 0 Å². The number of oxazole rings is 1. The second kappa shape index (κ2) is 6.05. The molecule has 116 valence electrons. The Labute approximate surface area is 140 Å². The predicted octanol–water partition coefficient (Wildman–Crippen LogP) is 5.26. The molecule has 0 saturated heterocycles. The molecule has 0 amide bonds. The van der Waals surface area contributed by atoms with Crippen molar-refractivity contribution < 1.29 is 4.42 Å². The van der Waals surface area contributed by atoms with E-state index in [1.165, 1.54) is 0 Å². The van der Waals surface area contributed by atoms with Gasteiger partial charge in [0.15, 0.2) is 5.76 Å². The number of rotatable bonds is 3. The summed E-state index contributed by atoms with van der Waals surface area (Å²) < 4.78 is 6.13. The Bertz CT molecular complexity index is 903.